The third kappa shape index (κ3) is 2.91. The molecule has 0 fully saturated rings. The highest BCUT2D eigenvalue weighted by atomic mass is 35.5. The number of hydrogen-bond donors (Lipinski definition) is 0. The molecule has 1 aromatic carbocycles. The van der Waals surface area contributed by atoms with Crippen molar-refractivity contribution < 1.29 is 4.74 Å². The lowest BCUT2D eigenvalue weighted by atomic mass is 10.2. The van der Waals surface area contributed by atoms with E-state index in [-0.39, 0.29) is 0 Å². The summed E-state index contributed by atoms with van der Waals surface area (Å²) in [5.41, 5.74) is 2.84. The van der Waals surface area contributed by atoms with E-state index >= 15 is 0 Å². The number of ether oxygens (including phenoxy) is 1. The van der Waals surface area contributed by atoms with Gasteiger partial charge in [0.1, 0.15) is 11.3 Å². The van der Waals surface area contributed by atoms with E-state index in [1.165, 1.54) is 0 Å². The van der Waals surface area contributed by atoms with Gasteiger partial charge >= 0.3 is 0 Å². The summed E-state index contributed by atoms with van der Waals surface area (Å²) in [6.45, 7) is 1.29. The molecule has 0 aliphatic carbocycles. The van der Waals surface area contributed by atoms with Gasteiger partial charge in [0.15, 0.2) is 5.65 Å². The van der Waals surface area contributed by atoms with Crippen molar-refractivity contribution in [3.63, 3.8) is 0 Å². The van der Waals surface area contributed by atoms with E-state index in [9.17, 15) is 0 Å². The number of halogens is 1. The van der Waals surface area contributed by atoms with Crippen LogP contribution in [0.5, 0.6) is 0 Å². The molecule has 3 rings (SSSR count). The number of benzene rings is 1. The number of hydrogen-bond acceptors (Lipinski definition) is 3. The van der Waals surface area contributed by atoms with Crippen molar-refractivity contribution in [2.24, 2.45) is 0 Å². The molecule has 0 aliphatic heterocycles. The Morgan fingerprint density at radius 1 is 1.19 bits per heavy atom. The third-order valence-corrected chi connectivity index (χ3v) is 3.77. The molecule has 0 atom stereocenters. The molecule has 0 spiro atoms. The summed E-state index contributed by atoms with van der Waals surface area (Å²) >= 11 is 6.27. The normalized spacial score (nSPS) is 11.1. The van der Waals surface area contributed by atoms with Gasteiger partial charge in [-0.15, -0.1) is 0 Å². The number of aromatic nitrogens is 3. The largest absolute Gasteiger partial charge is 0.384 e. The summed E-state index contributed by atoms with van der Waals surface area (Å²) in [5, 5.41) is 0.757. The standard InChI is InChI=1S/C16H16ClN3O/c1-21-10-8-15-19-14-7-4-9-18-16(14)20(15)11-12-5-2-3-6-13(12)17/h2-7,9H,8,10-11H2,1H3. The number of methoxy groups -OCH3 is 1. The van der Waals surface area contributed by atoms with E-state index in [2.05, 4.69) is 14.5 Å². The molecule has 0 unspecified atom stereocenters. The van der Waals surface area contributed by atoms with Crippen molar-refractivity contribution in [3.8, 4) is 0 Å². The van der Waals surface area contributed by atoms with Crippen molar-refractivity contribution in [3.05, 3.63) is 59.0 Å². The summed E-state index contributed by atoms with van der Waals surface area (Å²) in [6.07, 6.45) is 2.53. The lowest BCUT2D eigenvalue weighted by Gasteiger charge is -2.10. The second-order valence-electron chi connectivity index (χ2n) is 4.79. The zero-order chi connectivity index (χ0) is 14.7. The molecular formula is C16H16ClN3O. The van der Waals surface area contributed by atoms with E-state index in [1.807, 2.05) is 36.4 Å². The summed E-state index contributed by atoms with van der Waals surface area (Å²) < 4.78 is 7.28. The lowest BCUT2D eigenvalue weighted by molar-refractivity contribution is 0.200. The van der Waals surface area contributed by atoms with Crippen molar-refractivity contribution in [2.45, 2.75) is 13.0 Å². The molecule has 0 N–H and O–H groups in total. The third-order valence-electron chi connectivity index (χ3n) is 3.40. The van der Waals surface area contributed by atoms with Crippen molar-refractivity contribution in [1.29, 1.82) is 0 Å². The number of rotatable bonds is 5. The molecule has 0 aliphatic rings. The van der Waals surface area contributed by atoms with Crippen LogP contribution in [0.25, 0.3) is 11.2 Å². The maximum absolute atomic E-state index is 6.27. The molecule has 0 saturated carbocycles. The second-order valence-corrected chi connectivity index (χ2v) is 5.20. The van der Waals surface area contributed by atoms with Crippen LogP contribution in [-0.2, 0) is 17.7 Å². The van der Waals surface area contributed by atoms with Crippen LogP contribution in [0.2, 0.25) is 5.02 Å². The summed E-state index contributed by atoms with van der Waals surface area (Å²) in [4.78, 5) is 9.11. The Bertz CT molecular complexity index is 754. The first kappa shape index (κ1) is 14.0. The van der Waals surface area contributed by atoms with Crippen LogP contribution < -0.4 is 0 Å². The molecule has 21 heavy (non-hydrogen) atoms. The van der Waals surface area contributed by atoms with Gasteiger partial charge in [-0.1, -0.05) is 29.8 Å². The van der Waals surface area contributed by atoms with Gasteiger partial charge in [0.05, 0.1) is 13.2 Å². The van der Waals surface area contributed by atoms with Crippen molar-refractivity contribution in [1.82, 2.24) is 14.5 Å². The number of pyridine rings is 1. The monoisotopic (exact) mass is 301 g/mol. The van der Waals surface area contributed by atoms with Crippen LogP contribution in [0.4, 0.5) is 0 Å². The molecule has 0 bridgehead atoms. The van der Waals surface area contributed by atoms with Crippen LogP contribution in [0, 0.1) is 0 Å². The topological polar surface area (TPSA) is 39.9 Å². The van der Waals surface area contributed by atoms with E-state index in [0.29, 0.717) is 13.2 Å². The summed E-state index contributed by atoms with van der Waals surface area (Å²) in [7, 11) is 1.69. The average molecular weight is 302 g/mol. The predicted molar refractivity (Wildman–Crippen MR) is 83.7 cm³/mol. The predicted octanol–water partition coefficient (Wildman–Crippen LogP) is 3.32. The molecule has 0 saturated heterocycles. The minimum atomic E-state index is 0.631. The summed E-state index contributed by atoms with van der Waals surface area (Å²) in [5.74, 6) is 0.963. The molecule has 0 radical (unpaired) electrons. The van der Waals surface area contributed by atoms with Gasteiger partial charge in [-0.2, -0.15) is 0 Å². The fourth-order valence-electron chi connectivity index (χ4n) is 2.35. The Morgan fingerprint density at radius 3 is 2.86 bits per heavy atom. The fraction of sp³-hybridized carbons (Fsp3) is 0.250. The van der Waals surface area contributed by atoms with E-state index < -0.39 is 0 Å². The van der Waals surface area contributed by atoms with Crippen LogP contribution in [-0.4, -0.2) is 28.3 Å². The smallest absolute Gasteiger partial charge is 0.160 e. The van der Waals surface area contributed by atoms with Gasteiger partial charge in [0.25, 0.3) is 0 Å². The molecular weight excluding hydrogens is 286 g/mol. The number of nitrogens with zero attached hydrogens (tertiary/aromatic N) is 3. The Kier molecular flexibility index (Phi) is 4.18. The quantitative estimate of drug-likeness (QED) is 0.726. The van der Waals surface area contributed by atoms with Crippen LogP contribution in [0.1, 0.15) is 11.4 Å². The molecule has 5 heteroatoms. The SMILES string of the molecule is COCCc1nc2cccnc2n1Cc1ccccc1Cl. The van der Waals surface area contributed by atoms with Crippen molar-refractivity contribution in [2.75, 3.05) is 13.7 Å². The first-order valence-electron chi connectivity index (χ1n) is 6.82. The van der Waals surface area contributed by atoms with Gasteiger partial charge in [0, 0.05) is 24.8 Å². The second kappa shape index (κ2) is 6.24. The Hall–Kier alpha value is -1.91. The van der Waals surface area contributed by atoms with Crippen molar-refractivity contribution >= 4 is 22.8 Å². The first-order chi connectivity index (χ1) is 10.3. The molecule has 108 valence electrons. The van der Waals surface area contributed by atoms with Gasteiger partial charge in [0.2, 0.25) is 0 Å². The molecule has 4 nitrogen and oxygen atoms in total. The van der Waals surface area contributed by atoms with E-state index in [4.69, 9.17) is 16.3 Å². The van der Waals surface area contributed by atoms with Gasteiger partial charge in [-0.05, 0) is 23.8 Å². The van der Waals surface area contributed by atoms with E-state index in [1.54, 1.807) is 13.3 Å². The van der Waals surface area contributed by atoms with Gasteiger partial charge < -0.3 is 9.30 Å². The molecule has 0 amide bonds. The van der Waals surface area contributed by atoms with Crippen LogP contribution >= 0.6 is 11.6 Å². The Balaban J connectivity index is 2.04. The summed E-state index contributed by atoms with van der Waals surface area (Å²) in [6, 6.07) is 11.7. The van der Waals surface area contributed by atoms with E-state index in [0.717, 1.165) is 34.0 Å². The van der Waals surface area contributed by atoms with Gasteiger partial charge in [-0.3, -0.25) is 0 Å². The minimum absolute atomic E-state index is 0.631. The fourth-order valence-corrected chi connectivity index (χ4v) is 2.55. The number of fused-ring (bicyclic) bond motifs is 1. The molecule has 2 aromatic heterocycles. The lowest BCUT2D eigenvalue weighted by Crippen LogP contribution is -2.08. The maximum atomic E-state index is 6.27. The highest BCUT2D eigenvalue weighted by Crippen LogP contribution is 2.20. The Morgan fingerprint density at radius 2 is 2.05 bits per heavy atom. The minimum Gasteiger partial charge on any atom is -0.384 e. The number of imidazole rings is 1. The first-order valence-corrected chi connectivity index (χ1v) is 7.20. The van der Waals surface area contributed by atoms with Crippen LogP contribution in [0.3, 0.4) is 0 Å². The Labute approximate surface area is 128 Å². The average Bonchev–Trinajstić information content (AvgIpc) is 2.85. The molecule has 2 heterocycles. The molecule has 3 aromatic rings. The highest BCUT2D eigenvalue weighted by molar-refractivity contribution is 6.31. The highest BCUT2D eigenvalue weighted by Gasteiger charge is 2.12. The maximum Gasteiger partial charge on any atom is 0.160 e. The zero-order valence-corrected chi connectivity index (χ0v) is 12.5. The van der Waals surface area contributed by atoms with Gasteiger partial charge in [-0.25, -0.2) is 9.97 Å². The van der Waals surface area contributed by atoms with Crippen LogP contribution in [0.15, 0.2) is 42.6 Å². The zero-order valence-electron chi connectivity index (χ0n) is 11.8.